The third-order valence-electron chi connectivity index (χ3n) is 10.5. The summed E-state index contributed by atoms with van der Waals surface area (Å²) in [7, 11) is 0. The lowest BCUT2D eigenvalue weighted by molar-refractivity contribution is -0.285. The molecule has 1 aromatic carbocycles. The minimum atomic E-state index is -0.455. The SMILES string of the molecule is CCCCCCCCCCCCCCCCN(CC)C1Oc2ccc(cc2)OC(N(CC)CCCCCCCCCCCCCCCC)O1. The summed E-state index contributed by atoms with van der Waals surface area (Å²) in [6.45, 7) is 12.8. The first-order valence-electron chi connectivity index (χ1n) is 21.8. The number of hydrogen-bond acceptors (Lipinski definition) is 5. The molecule has 49 heavy (non-hydrogen) atoms. The Bertz CT molecular complexity index is 767. The highest BCUT2D eigenvalue weighted by atomic mass is 16.8. The molecular weight excluding hydrogens is 604 g/mol. The summed E-state index contributed by atoms with van der Waals surface area (Å²) >= 11 is 0. The van der Waals surface area contributed by atoms with Gasteiger partial charge in [-0.3, -0.25) is 4.74 Å². The van der Waals surface area contributed by atoms with Crippen molar-refractivity contribution >= 4 is 0 Å². The van der Waals surface area contributed by atoms with E-state index in [2.05, 4.69) is 37.5 Å². The Hall–Kier alpha value is -1.30. The molecule has 0 aromatic heterocycles. The molecule has 0 fully saturated rings. The fraction of sp³-hybridized carbons (Fsp3) is 0.864. The fourth-order valence-corrected chi connectivity index (χ4v) is 7.15. The lowest BCUT2D eigenvalue weighted by atomic mass is 10.0. The standard InChI is InChI=1S/C44H82N2O3/c1-5-9-11-13-15-17-19-21-23-25-27-29-31-33-39-45(7-3)43-47-41-35-37-42(38-36-41)48-44(49-43)46(8-4)40-34-32-30-28-26-24-22-20-18-16-14-12-10-6-2/h35-38,43-44H,5-34,39-40H2,1-4H3. The van der Waals surface area contributed by atoms with Gasteiger partial charge in [-0.05, 0) is 37.1 Å². The van der Waals surface area contributed by atoms with Crippen LogP contribution in [-0.2, 0) is 4.74 Å². The lowest BCUT2D eigenvalue weighted by Gasteiger charge is -2.36. The van der Waals surface area contributed by atoms with Crippen LogP contribution in [0.5, 0.6) is 11.5 Å². The van der Waals surface area contributed by atoms with Crippen LogP contribution in [0.2, 0.25) is 0 Å². The summed E-state index contributed by atoms with van der Waals surface area (Å²) in [6, 6.07) is 8.05. The Labute approximate surface area is 305 Å². The van der Waals surface area contributed by atoms with Gasteiger partial charge in [-0.1, -0.05) is 195 Å². The van der Waals surface area contributed by atoms with Gasteiger partial charge in [-0.25, -0.2) is 9.80 Å². The maximum atomic E-state index is 6.68. The average molecular weight is 687 g/mol. The second-order valence-electron chi connectivity index (χ2n) is 14.9. The molecule has 2 heterocycles. The Morgan fingerprint density at radius 2 is 0.612 bits per heavy atom. The average Bonchev–Trinajstić information content (AvgIpc) is 3.26. The summed E-state index contributed by atoms with van der Waals surface area (Å²) in [5, 5.41) is 0. The molecule has 3 rings (SSSR count). The van der Waals surface area contributed by atoms with E-state index >= 15 is 0 Å². The summed E-state index contributed by atoms with van der Waals surface area (Å²) < 4.78 is 19.6. The summed E-state index contributed by atoms with van der Waals surface area (Å²) in [5.41, 5.74) is 0. The molecule has 0 radical (unpaired) electrons. The van der Waals surface area contributed by atoms with E-state index in [4.69, 9.17) is 14.2 Å². The molecule has 286 valence electrons. The molecule has 2 aliphatic rings. The molecule has 0 saturated carbocycles. The Balaban J connectivity index is 1.65. The molecule has 2 aliphatic heterocycles. The Kier molecular flexibility index (Phi) is 28.1. The second kappa shape index (κ2) is 31.4. The quantitative estimate of drug-likeness (QED) is 0.0674. The molecule has 0 aliphatic carbocycles. The van der Waals surface area contributed by atoms with E-state index in [0.29, 0.717) is 0 Å². The first-order valence-corrected chi connectivity index (χ1v) is 21.8. The maximum absolute atomic E-state index is 6.68. The third kappa shape index (κ3) is 22.3. The zero-order valence-corrected chi connectivity index (χ0v) is 33.2. The van der Waals surface area contributed by atoms with Gasteiger partial charge in [0.2, 0.25) is 0 Å². The number of benzene rings is 1. The largest absolute Gasteiger partial charge is 0.451 e. The Morgan fingerprint density at radius 1 is 0.367 bits per heavy atom. The van der Waals surface area contributed by atoms with Crippen LogP contribution in [0.3, 0.4) is 0 Å². The number of fused-ring (bicyclic) bond motifs is 6. The number of hydrogen-bond donors (Lipinski definition) is 0. The number of ether oxygens (including phenoxy) is 3. The van der Waals surface area contributed by atoms with Gasteiger partial charge in [0.15, 0.2) is 0 Å². The van der Waals surface area contributed by atoms with E-state index in [9.17, 15) is 0 Å². The van der Waals surface area contributed by atoms with Gasteiger partial charge >= 0.3 is 0 Å². The molecule has 0 N–H and O–H groups in total. The molecular formula is C44H82N2O3. The van der Waals surface area contributed by atoms with Gasteiger partial charge in [0.25, 0.3) is 12.8 Å². The van der Waals surface area contributed by atoms with Crippen molar-refractivity contribution in [1.82, 2.24) is 9.80 Å². The predicted molar refractivity (Wildman–Crippen MR) is 211 cm³/mol. The lowest BCUT2D eigenvalue weighted by Crippen LogP contribution is -2.50. The van der Waals surface area contributed by atoms with Crippen LogP contribution < -0.4 is 9.47 Å². The van der Waals surface area contributed by atoms with Gasteiger partial charge in [-0.2, -0.15) is 0 Å². The van der Waals surface area contributed by atoms with Gasteiger partial charge in [0.1, 0.15) is 11.5 Å². The van der Waals surface area contributed by atoms with Gasteiger partial charge in [0.05, 0.1) is 0 Å². The van der Waals surface area contributed by atoms with E-state index in [1.54, 1.807) is 0 Å². The molecule has 2 atom stereocenters. The monoisotopic (exact) mass is 687 g/mol. The second-order valence-corrected chi connectivity index (χ2v) is 14.9. The normalized spacial score (nSPS) is 16.1. The summed E-state index contributed by atoms with van der Waals surface area (Å²) in [4.78, 5) is 4.68. The summed E-state index contributed by atoms with van der Waals surface area (Å²) in [5.74, 6) is 1.68. The van der Waals surface area contributed by atoms with E-state index in [-0.39, 0.29) is 0 Å². The van der Waals surface area contributed by atoms with Gasteiger partial charge in [-0.15, -0.1) is 0 Å². The molecule has 5 nitrogen and oxygen atoms in total. The van der Waals surface area contributed by atoms with Crippen molar-refractivity contribution in [2.75, 3.05) is 26.2 Å². The van der Waals surface area contributed by atoms with Crippen molar-refractivity contribution in [1.29, 1.82) is 0 Å². The minimum absolute atomic E-state index is 0.455. The van der Waals surface area contributed by atoms with Crippen molar-refractivity contribution in [2.45, 2.75) is 220 Å². The molecule has 0 spiro atoms. The first kappa shape index (κ1) is 43.9. The molecule has 1 aromatic rings. The van der Waals surface area contributed by atoms with Crippen molar-refractivity contribution in [3.05, 3.63) is 24.3 Å². The first-order chi connectivity index (χ1) is 24.2. The van der Waals surface area contributed by atoms with Crippen molar-refractivity contribution < 1.29 is 14.2 Å². The van der Waals surface area contributed by atoms with Crippen molar-refractivity contribution in [3.8, 4) is 11.5 Å². The van der Waals surface area contributed by atoms with E-state index in [1.807, 2.05) is 24.3 Å². The zero-order valence-electron chi connectivity index (χ0n) is 33.2. The van der Waals surface area contributed by atoms with Crippen LogP contribution in [0.15, 0.2) is 24.3 Å². The highest BCUT2D eigenvalue weighted by molar-refractivity contribution is 5.31. The molecule has 0 amide bonds. The Morgan fingerprint density at radius 3 is 0.857 bits per heavy atom. The molecule has 2 unspecified atom stereocenters. The smallest absolute Gasteiger partial charge is 0.266 e. The number of rotatable bonds is 34. The van der Waals surface area contributed by atoms with Crippen LogP contribution in [0.1, 0.15) is 207 Å². The van der Waals surface area contributed by atoms with Crippen molar-refractivity contribution in [3.63, 3.8) is 0 Å². The van der Waals surface area contributed by atoms with Crippen LogP contribution >= 0.6 is 0 Å². The zero-order chi connectivity index (χ0) is 35.0. The van der Waals surface area contributed by atoms with Gasteiger partial charge < -0.3 is 9.47 Å². The highest BCUT2D eigenvalue weighted by Crippen LogP contribution is 2.26. The van der Waals surface area contributed by atoms with Crippen LogP contribution in [0.25, 0.3) is 0 Å². The predicted octanol–water partition coefficient (Wildman–Crippen LogP) is 13.6. The van der Waals surface area contributed by atoms with Gasteiger partial charge in [0, 0.05) is 26.2 Å². The highest BCUT2D eigenvalue weighted by Gasteiger charge is 2.30. The molecule has 2 bridgehead atoms. The molecule has 5 heteroatoms. The fourth-order valence-electron chi connectivity index (χ4n) is 7.15. The third-order valence-corrected chi connectivity index (χ3v) is 10.5. The van der Waals surface area contributed by atoms with Crippen molar-refractivity contribution in [2.24, 2.45) is 0 Å². The van der Waals surface area contributed by atoms with Crippen LogP contribution in [0, 0.1) is 0 Å². The van der Waals surface area contributed by atoms with Crippen LogP contribution in [0.4, 0.5) is 0 Å². The summed E-state index contributed by atoms with van der Waals surface area (Å²) in [6.07, 6.45) is 37.7. The van der Waals surface area contributed by atoms with Crippen LogP contribution in [-0.4, -0.2) is 48.8 Å². The number of unbranched alkanes of at least 4 members (excludes halogenated alkanes) is 26. The van der Waals surface area contributed by atoms with E-state index in [0.717, 1.165) is 37.7 Å². The van der Waals surface area contributed by atoms with E-state index < -0.39 is 12.8 Å². The van der Waals surface area contributed by atoms with E-state index in [1.165, 1.54) is 180 Å². The molecule has 0 saturated heterocycles. The minimum Gasteiger partial charge on any atom is -0.451 e. The number of nitrogens with zero attached hydrogens (tertiary/aromatic N) is 2. The maximum Gasteiger partial charge on any atom is 0.266 e. The topological polar surface area (TPSA) is 34.2 Å².